The van der Waals surface area contributed by atoms with Crippen LogP contribution in [0.1, 0.15) is 29.8 Å². The fraction of sp³-hybridized carbons (Fsp3) is 0.474. The third-order valence-corrected chi connectivity index (χ3v) is 7.76. The molecule has 1 amide bonds. The predicted octanol–water partition coefficient (Wildman–Crippen LogP) is 0.442. The number of amides is 1. The quantitative estimate of drug-likeness (QED) is 0.579. The Kier molecular flexibility index (Phi) is 5.63. The van der Waals surface area contributed by atoms with Crippen LogP contribution in [-0.4, -0.2) is 72.3 Å². The van der Waals surface area contributed by atoms with Crippen molar-refractivity contribution in [2.75, 3.05) is 20.8 Å². The van der Waals surface area contributed by atoms with E-state index in [2.05, 4.69) is 20.6 Å². The summed E-state index contributed by atoms with van der Waals surface area (Å²) in [6, 6.07) is -0.629. The molecule has 0 aromatic carbocycles. The van der Waals surface area contributed by atoms with Crippen molar-refractivity contribution in [3.63, 3.8) is 0 Å². The zero-order valence-corrected chi connectivity index (χ0v) is 18.3. The van der Waals surface area contributed by atoms with Crippen molar-refractivity contribution >= 4 is 21.9 Å². The van der Waals surface area contributed by atoms with Crippen molar-refractivity contribution in [1.29, 1.82) is 5.41 Å². The summed E-state index contributed by atoms with van der Waals surface area (Å²) in [5.41, 5.74) is -2.80. The molecular formula is C19H23FN6O5S. The highest BCUT2D eigenvalue weighted by atomic mass is 32.2. The van der Waals surface area contributed by atoms with Crippen molar-refractivity contribution in [2.24, 2.45) is 0 Å². The number of halogens is 1. The van der Waals surface area contributed by atoms with E-state index in [0.29, 0.717) is 6.42 Å². The smallest absolute Gasteiger partial charge is 0.271 e. The lowest BCUT2D eigenvalue weighted by Crippen LogP contribution is -2.72. The van der Waals surface area contributed by atoms with Crippen LogP contribution in [-0.2, 0) is 14.8 Å². The summed E-state index contributed by atoms with van der Waals surface area (Å²) in [5, 5.41) is 13.7. The van der Waals surface area contributed by atoms with Crippen molar-refractivity contribution in [3.05, 3.63) is 41.6 Å². The highest BCUT2D eigenvalue weighted by molar-refractivity contribution is 7.90. The molecule has 2 fully saturated rings. The van der Waals surface area contributed by atoms with Gasteiger partial charge in [-0.05, 0) is 25.3 Å². The summed E-state index contributed by atoms with van der Waals surface area (Å²) in [7, 11) is -1.39. The summed E-state index contributed by atoms with van der Waals surface area (Å²) in [6.07, 6.45) is 6.20. The van der Waals surface area contributed by atoms with E-state index in [1.165, 1.54) is 38.7 Å². The molecule has 0 spiro atoms. The molecule has 4 rings (SSSR count). The van der Waals surface area contributed by atoms with E-state index >= 15 is 4.39 Å². The Morgan fingerprint density at radius 2 is 2.22 bits per heavy atom. The van der Waals surface area contributed by atoms with Crippen molar-refractivity contribution in [2.45, 2.75) is 36.3 Å². The maximum Gasteiger partial charge on any atom is 0.271 e. The van der Waals surface area contributed by atoms with Gasteiger partial charge in [0.2, 0.25) is 17.3 Å². The molecule has 0 radical (unpaired) electrons. The van der Waals surface area contributed by atoms with Gasteiger partial charge in [-0.25, -0.2) is 27.1 Å². The van der Waals surface area contributed by atoms with Gasteiger partial charge in [-0.1, -0.05) is 6.08 Å². The number of methoxy groups -OCH3 is 1. The van der Waals surface area contributed by atoms with E-state index in [-0.39, 0.29) is 42.6 Å². The van der Waals surface area contributed by atoms with Crippen molar-refractivity contribution in [1.82, 2.24) is 24.9 Å². The van der Waals surface area contributed by atoms with Crippen LogP contribution >= 0.6 is 0 Å². The minimum Gasteiger partial charge on any atom is -0.480 e. The van der Waals surface area contributed by atoms with E-state index in [1.54, 1.807) is 0 Å². The number of sulfonamides is 1. The Bertz CT molecular complexity index is 1110. The Balaban J connectivity index is 1.65. The van der Waals surface area contributed by atoms with Crippen LogP contribution < -0.4 is 15.4 Å². The highest BCUT2D eigenvalue weighted by Gasteiger charge is 2.58. The molecule has 1 aliphatic carbocycles. The van der Waals surface area contributed by atoms with Gasteiger partial charge < -0.3 is 20.1 Å². The van der Waals surface area contributed by atoms with E-state index in [9.17, 15) is 13.2 Å². The van der Waals surface area contributed by atoms with E-state index in [0.717, 1.165) is 4.31 Å². The van der Waals surface area contributed by atoms with Gasteiger partial charge in [0.15, 0.2) is 0 Å². The molecule has 11 nitrogen and oxygen atoms in total. The third-order valence-electron chi connectivity index (χ3n) is 5.74. The molecule has 2 unspecified atom stereocenters. The minimum atomic E-state index is -4.06. The van der Waals surface area contributed by atoms with Gasteiger partial charge in [0.05, 0.1) is 25.5 Å². The van der Waals surface area contributed by atoms with Crippen LogP contribution in [0.25, 0.3) is 0 Å². The molecule has 3 aliphatic rings. The molecule has 3 atom stereocenters. The number of nitrogens with one attached hydrogen (secondary N) is 3. The van der Waals surface area contributed by atoms with Crippen LogP contribution in [0.15, 0.2) is 35.9 Å². The van der Waals surface area contributed by atoms with Gasteiger partial charge in [-0.2, -0.15) is 0 Å². The molecule has 1 aromatic rings. The average Bonchev–Trinajstić information content (AvgIpc) is 2.79. The first-order chi connectivity index (χ1) is 15.2. The van der Waals surface area contributed by atoms with Crippen LogP contribution in [0.3, 0.4) is 0 Å². The Morgan fingerprint density at radius 3 is 2.91 bits per heavy atom. The number of aromatic nitrogens is 2. The number of nitrogens with zero attached hydrogens (tertiary/aromatic N) is 3. The van der Waals surface area contributed by atoms with Gasteiger partial charge >= 0.3 is 0 Å². The van der Waals surface area contributed by atoms with E-state index in [4.69, 9.17) is 14.9 Å². The summed E-state index contributed by atoms with van der Waals surface area (Å²) < 4.78 is 52.3. The molecule has 1 aromatic heterocycles. The van der Waals surface area contributed by atoms with Crippen LogP contribution in [0.2, 0.25) is 0 Å². The first kappa shape index (κ1) is 22.1. The lowest BCUT2D eigenvalue weighted by molar-refractivity contribution is 0.00619. The molecule has 2 saturated heterocycles. The normalized spacial score (nSPS) is 29.2. The molecule has 0 bridgehead atoms. The Morgan fingerprint density at radius 1 is 1.44 bits per heavy atom. The average molecular weight is 466 g/mol. The maximum atomic E-state index is 15.1. The fourth-order valence-electron chi connectivity index (χ4n) is 4.09. The number of carbonyl (C=O) groups excluding carboxylic acids is 1. The first-order valence-corrected chi connectivity index (χ1v) is 11.4. The number of ether oxygens (including phenoxy) is 2. The molecule has 3 N–H and O–H groups in total. The molecule has 3 heterocycles. The summed E-state index contributed by atoms with van der Waals surface area (Å²) >= 11 is 0. The second-order valence-corrected chi connectivity index (χ2v) is 9.66. The summed E-state index contributed by atoms with van der Waals surface area (Å²) in [6.45, 7) is 0.198. The van der Waals surface area contributed by atoms with Crippen LogP contribution in [0.4, 0.5) is 4.39 Å². The maximum absolute atomic E-state index is 15.1. The largest absolute Gasteiger partial charge is 0.480 e. The fourth-order valence-corrected chi connectivity index (χ4v) is 5.75. The summed E-state index contributed by atoms with van der Waals surface area (Å²) in [4.78, 5) is 20.5. The van der Waals surface area contributed by atoms with Gasteiger partial charge in [-0.15, -0.1) is 0 Å². The Labute approximate surface area is 184 Å². The lowest BCUT2D eigenvalue weighted by Gasteiger charge is -2.51. The highest BCUT2D eigenvalue weighted by Crippen LogP contribution is 2.43. The lowest BCUT2D eigenvalue weighted by atomic mass is 9.80. The van der Waals surface area contributed by atoms with E-state index in [1.807, 2.05) is 0 Å². The second kappa shape index (κ2) is 8.13. The second-order valence-electron chi connectivity index (χ2n) is 7.66. The summed E-state index contributed by atoms with van der Waals surface area (Å²) in [5.74, 6) is -1.26. The monoisotopic (exact) mass is 466 g/mol. The number of fused-ring (bicyclic) bond motifs is 1. The molecular weight excluding hydrogens is 443 g/mol. The topological polar surface area (TPSA) is 147 Å². The van der Waals surface area contributed by atoms with Crippen LogP contribution in [0.5, 0.6) is 5.88 Å². The first-order valence-electron chi connectivity index (χ1n) is 9.90. The minimum absolute atomic E-state index is 0.0426. The Hall–Kier alpha value is -3.06. The zero-order valence-electron chi connectivity index (χ0n) is 17.5. The molecule has 13 heteroatoms. The van der Waals surface area contributed by atoms with Crippen molar-refractivity contribution < 1.29 is 27.1 Å². The molecule has 0 saturated carbocycles. The predicted molar refractivity (Wildman–Crippen MR) is 111 cm³/mol. The van der Waals surface area contributed by atoms with Crippen molar-refractivity contribution in [3.8, 4) is 5.88 Å². The van der Waals surface area contributed by atoms with Crippen LogP contribution in [0, 0.1) is 5.41 Å². The zero-order chi connectivity index (χ0) is 23.1. The van der Waals surface area contributed by atoms with Gasteiger partial charge in [0, 0.05) is 19.2 Å². The molecule has 2 aliphatic heterocycles. The van der Waals surface area contributed by atoms with E-state index < -0.39 is 38.8 Å². The number of carbonyl (C=O) groups is 1. The number of hydrogen-bond acceptors (Lipinski definition) is 8. The number of guanidine groups is 1. The standard InChI is InChI=1S/C19H23FN6O5S/c1-26-18(21)25-19(6-3-7-31-17(19)32(26,28)29)12-8-11(4-5-13(12)20)24-16(27)14-9-23-15(30-2)10-22-14/h5,8-11,17H,3-4,6-7H2,1-2H3,(H2,21,25)(H,24,27)/t11?,17?,19-/m1/s1. The SMILES string of the molecule is COc1cnc(C(=O)NC2C=C([C@]34CCCOC3S(=O)(=O)N(C)C(=N)N4)C(F)=CC2)cn1. The van der Waals surface area contributed by atoms with Gasteiger partial charge in [0.25, 0.3) is 15.9 Å². The molecule has 172 valence electrons. The third kappa shape index (κ3) is 3.60. The van der Waals surface area contributed by atoms with Gasteiger partial charge in [-0.3, -0.25) is 10.2 Å². The van der Waals surface area contributed by atoms with Gasteiger partial charge in [0.1, 0.15) is 17.1 Å². The molecule has 32 heavy (non-hydrogen) atoms. The number of rotatable bonds is 4. The number of hydrogen-bond donors (Lipinski definition) is 3.